The highest BCUT2D eigenvalue weighted by atomic mass is 15.3. The lowest BCUT2D eigenvalue weighted by Gasteiger charge is -2.24. The van der Waals surface area contributed by atoms with E-state index in [4.69, 9.17) is 4.98 Å². The summed E-state index contributed by atoms with van der Waals surface area (Å²) in [4.78, 5) is 11.8. The van der Waals surface area contributed by atoms with E-state index in [1.165, 1.54) is 12.0 Å². The Kier molecular flexibility index (Phi) is 5.16. The van der Waals surface area contributed by atoms with Crippen LogP contribution < -0.4 is 5.32 Å². The molecule has 0 radical (unpaired) electrons. The van der Waals surface area contributed by atoms with Gasteiger partial charge in [-0.2, -0.15) is 5.10 Å². The van der Waals surface area contributed by atoms with Gasteiger partial charge in [0.2, 0.25) is 0 Å². The molecule has 1 fully saturated rings. The summed E-state index contributed by atoms with van der Waals surface area (Å²) < 4.78 is 1.98. The van der Waals surface area contributed by atoms with E-state index in [-0.39, 0.29) is 0 Å². The topological polar surface area (TPSA) is 58.9 Å². The fraction of sp³-hybridized carbons (Fsp3) is 0.381. The summed E-state index contributed by atoms with van der Waals surface area (Å²) in [5.41, 5.74) is 3.50. The standard InChI is InChI=1S/C21H26N6/c1-3-27-15-17(13-23-27)14-26-12-6-9-19(26)18-8-4-10-20(24-18)25-21-16(2)7-5-11-22-21/h4-5,7-8,10-11,13,15,19H,3,6,9,12,14H2,1-2H3,(H,22,24,25)/t19-/m0/s1. The molecule has 0 unspecified atom stereocenters. The van der Waals surface area contributed by atoms with Crippen LogP contribution in [0.4, 0.5) is 11.6 Å². The van der Waals surface area contributed by atoms with Gasteiger partial charge >= 0.3 is 0 Å². The lowest BCUT2D eigenvalue weighted by atomic mass is 10.1. The minimum Gasteiger partial charge on any atom is -0.325 e. The van der Waals surface area contributed by atoms with Crippen molar-refractivity contribution in [3.63, 3.8) is 0 Å². The Bertz CT molecular complexity index is 903. The van der Waals surface area contributed by atoms with Crippen LogP contribution >= 0.6 is 0 Å². The summed E-state index contributed by atoms with van der Waals surface area (Å²) in [5.74, 6) is 1.71. The Morgan fingerprint density at radius 2 is 2.15 bits per heavy atom. The second-order valence-electron chi connectivity index (χ2n) is 7.07. The highest BCUT2D eigenvalue weighted by molar-refractivity contribution is 5.55. The average molecular weight is 362 g/mol. The monoisotopic (exact) mass is 362 g/mol. The number of likely N-dealkylation sites (tertiary alicyclic amines) is 1. The number of hydrogen-bond donors (Lipinski definition) is 1. The number of aryl methyl sites for hydroxylation is 2. The molecule has 0 saturated carbocycles. The van der Waals surface area contributed by atoms with Crippen molar-refractivity contribution in [2.24, 2.45) is 0 Å². The van der Waals surface area contributed by atoms with Gasteiger partial charge < -0.3 is 5.32 Å². The van der Waals surface area contributed by atoms with Gasteiger partial charge in [-0.1, -0.05) is 12.1 Å². The van der Waals surface area contributed by atoms with Gasteiger partial charge in [-0.25, -0.2) is 9.97 Å². The third-order valence-electron chi connectivity index (χ3n) is 5.13. The third kappa shape index (κ3) is 4.01. The highest BCUT2D eigenvalue weighted by Gasteiger charge is 2.27. The first-order chi connectivity index (χ1) is 13.2. The van der Waals surface area contributed by atoms with Crippen LogP contribution in [0.2, 0.25) is 0 Å². The fourth-order valence-electron chi connectivity index (χ4n) is 3.69. The second-order valence-corrected chi connectivity index (χ2v) is 7.07. The molecule has 4 heterocycles. The summed E-state index contributed by atoms with van der Waals surface area (Å²) in [6.45, 7) is 7.09. The van der Waals surface area contributed by atoms with Crippen LogP contribution in [0.25, 0.3) is 0 Å². The molecular formula is C21H26N6. The Morgan fingerprint density at radius 3 is 2.96 bits per heavy atom. The van der Waals surface area contributed by atoms with Crippen molar-refractivity contribution in [1.82, 2.24) is 24.6 Å². The molecule has 27 heavy (non-hydrogen) atoms. The SMILES string of the molecule is CCn1cc(CN2CCC[C@H]2c2cccc(Nc3ncccc3C)n2)cn1. The first kappa shape index (κ1) is 17.7. The van der Waals surface area contributed by atoms with Crippen LogP contribution in [0.3, 0.4) is 0 Å². The predicted molar refractivity (Wildman–Crippen MR) is 107 cm³/mol. The van der Waals surface area contributed by atoms with Crippen LogP contribution in [0.5, 0.6) is 0 Å². The Morgan fingerprint density at radius 1 is 1.22 bits per heavy atom. The molecule has 1 aliphatic heterocycles. The van der Waals surface area contributed by atoms with E-state index in [0.717, 1.165) is 48.9 Å². The molecule has 140 valence electrons. The number of pyridine rings is 2. The normalized spacial score (nSPS) is 17.3. The van der Waals surface area contributed by atoms with Crippen LogP contribution in [-0.4, -0.2) is 31.2 Å². The van der Waals surface area contributed by atoms with E-state index in [1.54, 1.807) is 6.20 Å². The van der Waals surface area contributed by atoms with E-state index in [0.29, 0.717) is 6.04 Å². The van der Waals surface area contributed by atoms with Gasteiger partial charge in [0, 0.05) is 31.0 Å². The minimum absolute atomic E-state index is 0.349. The number of aromatic nitrogens is 4. The van der Waals surface area contributed by atoms with Crippen molar-refractivity contribution in [3.8, 4) is 0 Å². The van der Waals surface area contributed by atoms with Gasteiger partial charge in [-0.15, -0.1) is 0 Å². The summed E-state index contributed by atoms with van der Waals surface area (Å²) in [7, 11) is 0. The molecule has 3 aromatic heterocycles. The van der Waals surface area contributed by atoms with Crippen molar-refractivity contribution in [1.29, 1.82) is 0 Å². The van der Waals surface area contributed by atoms with Crippen LogP contribution in [0.15, 0.2) is 48.9 Å². The fourth-order valence-corrected chi connectivity index (χ4v) is 3.69. The molecule has 1 N–H and O–H groups in total. The number of anilines is 2. The Balaban J connectivity index is 1.51. The molecule has 0 amide bonds. The van der Waals surface area contributed by atoms with Crippen molar-refractivity contribution < 1.29 is 0 Å². The minimum atomic E-state index is 0.349. The van der Waals surface area contributed by atoms with Crippen molar-refractivity contribution >= 4 is 11.6 Å². The maximum atomic E-state index is 4.89. The summed E-state index contributed by atoms with van der Waals surface area (Å²) in [5, 5.41) is 7.76. The maximum Gasteiger partial charge on any atom is 0.134 e. The van der Waals surface area contributed by atoms with E-state index in [1.807, 2.05) is 36.0 Å². The highest BCUT2D eigenvalue weighted by Crippen LogP contribution is 2.32. The molecule has 0 aromatic carbocycles. The molecule has 6 heteroatoms. The predicted octanol–water partition coefficient (Wildman–Crippen LogP) is 4.08. The van der Waals surface area contributed by atoms with Crippen molar-refractivity contribution in [3.05, 3.63) is 65.7 Å². The van der Waals surface area contributed by atoms with E-state index in [2.05, 4.69) is 45.6 Å². The van der Waals surface area contributed by atoms with Gasteiger partial charge in [0.1, 0.15) is 11.6 Å². The van der Waals surface area contributed by atoms with Crippen LogP contribution in [-0.2, 0) is 13.1 Å². The van der Waals surface area contributed by atoms with Gasteiger partial charge in [0.25, 0.3) is 0 Å². The number of nitrogens with zero attached hydrogens (tertiary/aromatic N) is 5. The molecule has 0 bridgehead atoms. The van der Waals surface area contributed by atoms with Gasteiger partial charge in [0.15, 0.2) is 0 Å². The zero-order chi connectivity index (χ0) is 18.6. The lowest BCUT2D eigenvalue weighted by molar-refractivity contribution is 0.244. The van der Waals surface area contributed by atoms with Crippen LogP contribution in [0.1, 0.15) is 42.6 Å². The number of nitrogens with one attached hydrogen (secondary N) is 1. The third-order valence-corrected chi connectivity index (χ3v) is 5.13. The lowest BCUT2D eigenvalue weighted by Crippen LogP contribution is -2.23. The molecule has 1 atom stereocenters. The number of rotatable bonds is 6. The molecule has 4 rings (SSSR count). The molecule has 3 aromatic rings. The quantitative estimate of drug-likeness (QED) is 0.716. The smallest absolute Gasteiger partial charge is 0.134 e. The van der Waals surface area contributed by atoms with E-state index < -0.39 is 0 Å². The number of hydrogen-bond acceptors (Lipinski definition) is 5. The van der Waals surface area contributed by atoms with Gasteiger partial charge in [-0.3, -0.25) is 9.58 Å². The van der Waals surface area contributed by atoms with Gasteiger partial charge in [0.05, 0.1) is 17.9 Å². The molecular weight excluding hydrogens is 336 g/mol. The molecule has 0 spiro atoms. The molecule has 6 nitrogen and oxygen atoms in total. The van der Waals surface area contributed by atoms with Gasteiger partial charge in [-0.05, 0) is 57.0 Å². The zero-order valence-electron chi connectivity index (χ0n) is 16.0. The average Bonchev–Trinajstić information content (AvgIpc) is 3.33. The molecule has 1 aliphatic rings. The first-order valence-electron chi connectivity index (χ1n) is 9.64. The van der Waals surface area contributed by atoms with Crippen molar-refractivity contribution in [2.45, 2.75) is 45.8 Å². The zero-order valence-corrected chi connectivity index (χ0v) is 16.0. The molecule has 1 saturated heterocycles. The summed E-state index contributed by atoms with van der Waals surface area (Å²) in [6, 6.07) is 10.6. The summed E-state index contributed by atoms with van der Waals surface area (Å²) in [6.07, 6.45) is 8.26. The van der Waals surface area contributed by atoms with E-state index in [9.17, 15) is 0 Å². The first-order valence-corrected chi connectivity index (χ1v) is 9.64. The summed E-state index contributed by atoms with van der Waals surface area (Å²) >= 11 is 0. The maximum absolute atomic E-state index is 4.89. The largest absolute Gasteiger partial charge is 0.325 e. The second kappa shape index (κ2) is 7.88. The Labute approximate surface area is 160 Å². The molecule has 0 aliphatic carbocycles. The van der Waals surface area contributed by atoms with E-state index >= 15 is 0 Å². The van der Waals surface area contributed by atoms with Crippen molar-refractivity contribution in [2.75, 3.05) is 11.9 Å². The van der Waals surface area contributed by atoms with Crippen LogP contribution in [0, 0.1) is 6.92 Å². The Hall–Kier alpha value is -2.73.